The predicted octanol–water partition coefficient (Wildman–Crippen LogP) is 0.906. The van der Waals surface area contributed by atoms with Gasteiger partial charge in [-0.05, 0) is 43.5 Å². The fourth-order valence-corrected chi connectivity index (χ4v) is 4.70. The topological polar surface area (TPSA) is 139 Å². The van der Waals surface area contributed by atoms with Gasteiger partial charge in [0.2, 0.25) is 23.3 Å². The minimum atomic E-state index is -0.769. The molecule has 1 saturated carbocycles. The number of Topliss-reactive ketones (excluding diaryl/α,β-unsaturated/α-hetero) is 1. The van der Waals surface area contributed by atoms with Crippen LogP contribution >= 0.6 is 23.2 Å². The number of carbonyl (C=O) groups excluding carboxylic acids is 3. The second-order valence-electron chi connectivity index (χ2n) is 9.14. The van der Waals surface area contributed by atoms with Crippen molar-refractivity contribution in [1.82, 2.24) is 20.2 Å². The molecule has 1 aliphatic heterocycles. The molecule has 4 rings (SSSR count). The summed E-state index contributed by atoms with van der Waals surface area (Å²) in [6, 6.07) is 6.18. The monoisotopic (exact) mass is 547 g/mol. The van der Waals surface area contributed by atoms with Gasteiger partial charge in [0.25, 0.3) is 0 Å². The quantitative estimate of drug-likeness (QED) is 0.280. The smallest absolute Gasteiger partial charge is 0.249 e. The summed E-state index contributed by atoms with van der Waals surface area (Å²) in [7, 11) is 0. The van der Waals surface area contributed by atoms with Crippen molar-refractivity contribution in [3.05, 3.63) is 48.0 Å². The highest BCUT2D eigenvalue weighted by atomic mass is 35.5. The molecule has 1 aliphatic carbocycles. The number of carbonyl (C=O) groups is 3. The molecule has 1 aromatic carbocycles. The molecular formula is C25H29Cl2N6O4+. The van der Waals surface area contributed by atoms with Crippen molar-refractivity contribution in [3.63, 3.8) is 0 Å². The van der Waals surface area contributed by atoms with Crippen LogP contribution in [0.3, 0.4) is 0 Å². The summed E-state index contributed by atoms with van der Waals surface area (Å²) in [5, 5.41) is 12.0. The van der Waals surface area contributed by atoms with Crippen molar-refractivity contribution >= 4 is 52.2 Å². The Bertz CT molecular complexity index is 1190. The molecule has 0 radical (unpaired) electrons. The van der Waals surface area contributed by atoms with Gasteiger partial charge in [0, 0.05) is 44.0 Å². The van der Waals surface area contributed by atoms with Gasteiger partial charge >= 0.3 is 0 Å². The number of hydrogen-bond acceptors (Lipinski definition) is 7. The Labute approximate surface area is 224 Å². The summed E-state index contributed by atoms with van der Waals surface area (Å²) in [6.07, 6.45) is 5.20. The third-order valence-corrected chi connectivity index (χ3v) is 7.36. The van der Waals surface area contributed by atoms with Crippen LogP contribution in [0.15, 0.2) is 36.7 Å². The van der Waals surface area contributed by atoms with Gasteiger partial charge in [-0.1, -0.05) is 0 Å². The van der Waals surface area contributed by atoms with E-state index in [2.05, 4.69) is 20.6 Å². The number of aromatic nitrogens is 2. The van der Waals surface area contributed by atoms with Gasteiger partial charge in [0.05, 0.1) is 12.1 Å². The summed E-state index contributed by atoms with van der Waals surface area (Å²) in [5.41, 5.74) is 0.945. The first-order valence-electron chi connectivity index (χ1n) is 12.0. The molecule has 196 valence electrons. The molecule has 12 heteroatoms. The molecule has 2 amide bonds. The molecule has 1 aromatic heterocycles. The van der Waals surface area contributed by atoms with Crippen molar-refractivity contribution in [3.8, 4) is 5.75 Å². The van der Waals surface area contributed by atoms with Gasteiger partial charge in [-0.15, -0.1) is 23.2 Å². The highest BCUT2D eigenvalue weighted by Crippen LogP contribution is 2.52. The molecule has 2 fully saturated rings. The summed E-state index contributed by atoms with van der Waals surface area (Å²) in [4.78, 5) is 47.6. The number of rotatable bonds is 11. The summed E-state index contributed by atoms with van der Waals surface area (Å²) in [5.74, 6) is 0.241. The Hall–Kier alpha value is -3.24. The molecule has 2 aromatic rings. The lowest BCUT2D eigenvalue weighted by atomic mass is 10.0. The van der Waals surface area contributed by atoms with Gasteiger partial charge in [0.15, 0.2) is 5.82 Å². The number of hydrogen-bond donors (Lipinski definition) is 3. The summed E-state index contributed by atoms with van der Waals surface area (Å²) in [6.45, 7) is 2.30. The van der Waals surface area contributed by atoms with E-state index in [1.165, 1.54) is 6.92 Å². The average Bonchev–Trinajstić information content (AvgIpc) is 3.26. The normalized spacial score (nSPS) is 19.7. The van der Waals surface area contributed by atoms with E-state index in [1.54, 1.807) is 41.6 Å². The zero-order valence-electron chi connectivity index (χ0n) is 20.4. The maximum Gasteiger partial charge on any atom is 0.249 e. The summed E-state index contributed by atoms with van der Waals surface area (Å²) < 4.78 is 4.98. The lowest BCUT2D eigenvalue weighted by molar-refractivity contribution is -0.137. The van der Waals surface area contributed by atoms with Crippen LogP contribution in [0.4, 0.5) is 5.69 Å². The van der Waals surface area contributed by atoms with E-state index in [0.717, 1.165) is 6.42 Å². The van der Waals surface area contributed by atoms with Gasteiger partial charge in [-0.2, -0.15) is 0 Å². The Morgan fingerprint density at radius 3 is 2.65 bits per heavy atom. The van der Waals surface area contributed by atoms with Crippen LogP contribution in [-0.4, -0.2) is 68.2 Å². The van der Waals surface area contributed by atoms with Crippen LogP contribution in [0.5, 0.6) is 5.75 Å². The number of benzene rings is 1. The molecule has 37 heavy (non-hydrogen) atoms. The first-order chi connectivity index (χ1) is 17.7. The molecular weight excluding hydrogens is 519 g/mol. The first kappa shape index (κ1) is 26.8. The first-order valence-corrected chi connectivity index (χ1v) is 12.8. The standard InChI is InChI=1S/C25H28Cl2N6O4/c1-15(34)23(28)18-10-17(37-14-21-29-7-3-8-30-21)5-6-19(18)31-13-22(35)33-9-2-4-20(33)24(36)32-12-16-11-25(16,26)27/h3,5-8,10,16,20,28,31H,2,4,9,11-14H2,1H3,(H,32,36)/p+1/t16-,20+/m1/s1. The predicted molar refractivity (Wildman–Crippen MR) is 138 cm³/mol. The van der Waals surface area contributed by atoms with Crippen molar-refractivity contribution in [2.45, 2.75) is 43.2 Å². The van der Waals surface area contributed by atoms with E-state index in [-0.39, 0.29) is 42.4 Å². The molecule has 0 bridgehead atoms. The number of ether oxygens (including phenoxy) is 1. The number of halogens is 2. The van der Waals surface area contributed by atoms with Crippen LogP contribution in [0, 0.1) is 5.92 Å². The number of nitrogens with one attached hydrogen (secondary N) is 2. The zero-order chi connectivity index (χ0) is 26.6. The SMILES string of the molecule is CC(=O)C(=[NH2+])c1cc(OCc2ncccn2)ccc1NCC(=O)N1CCC[C@H]1C(=O)NC[C@H]1CC1(Cl)Cl. The molecule has 2 aliphatic rings. The molecule has 2 heterocycles. The van der Waals surface area contributed by atoms with Crippen molar-refractivity contribution in [1.29, 1.82) is 0 Å². The van der Waals surface area contributed by atoms with E-state index in [1.807, 2.05) is 0 Å². The van der Waals surface area contributed by atoms with Crippen LogP contribution < -0.4 is 20.8 Å². The van der Waals surface area contributed by atoms with Crippen molar-refractivity contribution < 1.29 is 24.5 Å². The fraction of sp³-hybridized carbons (Fsp3) is 0.440. The third kappa shape index (κ3) is 6.75. The van der Waals surface area contributed by atoms with E-state index in [4.69, 9.17) is 33.3 Å². The van der Waals surface area contributed by atoms with E-state index in [0.29, 0.717) is 48.8 Å². The minimum absolute atomic E-state index is 0.0283. The fourth-order valence-electron chi connectivity index (χ4n) is 4.18. The second kappa shape index (κ2) is 11.4. The minimum Gasteiger partial charge on any atom is -0.486 e. The molecule has 0 spiro atoms. The Morgan fingerprint density at radius 2 is 1.97 bits per heavy atom. The number of ketones is 1. The number of alkyl halides is 2. The lowest BCUT2D eigenvalue weighted by Gasteiger charge is -2.24. The maximum atomic E-state index is 13.0. The van der Waals surface area contributed by atoms with E-state index < -0.39 is 10.4 Å². The Kier molecular flexibility index (Phi) is 8.29. The number of amides is 2. The second-order valence-corrected chi connectivity index (χ2v) is 10.7. The molecule has 0 unspecified atom stereocenters. The van der Waals surface area contributed by atoms with E-state index >= 15 is 0 Å². The largest absolute Gasteiger partial charge is 0.486 e. The average molecular weight is 548 g/mol. The van der Waals surface area contributed by atoms with Gasteiger partial charge < -0.3 is 20.3 Å². The van der Waals surface area contributed by atoms with Crippen LogP contribution in [0.25, 0.3) is 0 Å². The number of nitrogens with two attached hydrogens (primary N) is 1. The lowest BCUT2D eigenvalue weighted by Crippen LogP contribution is -2.48. The molecule has 10 nitrogen and oxygen atoms in total. The Balaban J connectivity index is 1.38. The third-order valence-electron chi connectivity index (χ3n) is 6.43. The van der Waals surface area contributed by atoms with Gasteiger partial charge in [-0.3, -0.25) is 19.8 Å². The molecule has 1 saturated heterocycles. The number of nitrogens with zero attached hydrogens (tertiary/aromatic N) is 3. The highest BCUT2D eigenvalue weighted by molar-refractivity contribution is 6.50. The maximum absolute atomic E-state index is 13.0. The zero-order valence-corrected chi connectivity index (χ0v) is 21.9. The van der Waals surface area contributed by atoms with Gasteiger partial charge in [-0.25, -0.2) is 9.97 Å². The van der Waals surface area contributed by atoms with Gasteiger partial charge in [0.1, 0.15) is 22.7 Å². The number of likely N-dealkylation sites (tertiary alicyclic amines) is 1. The molecule has 2 atom stereocenters. The van der Waals surface area contributed by atoms with Crippen LogP contribution in [-0.2, 0) is 21.0 Å². The van der Waals surface area contributed by atoms with E-state index in [9.17, 15) is 14.4 Å². The number of anilines is 1. The van der Waals surface area contributed by atoms with Crippen molar-refractivity contribution in [2.24, 2.45) is 5.92 Å². The highest BCUT2D eigenvalue weighted by Gasteiger charge is 2.51. The Morgan fingerprint density at radius 1 is 1.24 bits per heavy atom. The summed E-state index contributed by atoms with van der Waals surface area (Å²) >= 11 is 12.1. The van der Waals surface area contributed by atoms with Crippen molar-refractivity contribution in [2.75, 3.05) is 25.0 Å². The van der Waals surface area contributed by atoms with Crippen LogP contribution in [0.1, 0.15) is 37.6 Å². The van der Waals surface area contributed by atoms with Crippen LogP contribution in [0.2, 0.25) is 0 Å². The molecule has 4 N–H and O–H groups in total.